The van der Waals surface area contributed by atoms with Gasteiger partial charge in [0.25, 0.3) is 0 Å². The van der Waals surface area contributed by atoms with E-state index in [1.165, 1.54) is 51.4 Å². The van der Waals surface area contributed by atoms with Gasteiger partial charge in [0.05, 0.1) is 6.54 Å². The van der Waals surface area contributed by atoms with Gasteiger partial charge in [-0.3, -0.25) is 4.79 Å². The molecule has 0 radical (unpaired) electrons. The molecule has 0 aromatic heterocycles. The Kier molecular flexibility index (Phi) is 3.60. The molecule has 0 atom stereocenters. The quantitative estimate of drug-likeness (QED) is 0.829. The number of rotatable bonds is 4. The Hall–Kier alpha value is -0.570. The lowest BCUT2D eigenvalue weighted by molar-refractivity contribution is -0.129. The van der Waals surface area contributed by atoms with Crippen molar-refractivity contribution in [1.82, 2.24) is 10.2 Å². The molecule has 1 amide bonds. The van der Waals surface area contributed by atoms with Crippen LogP contribution >= 0.6 is 0 Å². The molecule has 0 bridgehead atoms. The maximum absolute atomic E-state index is 12.1. The van der Waals surface area contributed by atoms with Crippen LogP contribution in [-0.2, 0) is 4.79 Å². The molecular weight excluding hydrogens is 224 g/mol. The van der Waals surface area contributed by atoms with Gasteiger partial charge in [-0.2, -0.15) is 0 Å². The Balaban J connectivity index is 1.43. The Bertz CT molecular complexity index is 306. The monoisotopic (exact) mass is 250 g/mol. The van der Waals surface area contributed by atoms with E-state index in [1.807, 2.05) is 0 Å². The number of hydrogen-bond acceptors (Lipinski definition) is 2. The second kappa shape index (κ2) is 5.20. The van der Waals surface area contributed by atoms with Crippen LogP contribution in [0.15, 0.2) is 0 Å². The standard InChI is InChI=1S/C15H26N2O/c18-14(11-16-10-13-4-5-13)17-9-8-15(12-17)6-2-1-3-7-15/h13,16H,1-12H2. The summed E-state index contributed by atoms with van der Waals surface area (Å²) < 4.78 is 0. The van der Waals surface area contributed by atoms with E-state index in [0.717, 1.165) is 25.6 Å². The molecule has 0 aromatic carbocycles. The number of nitrogens with one attached hydrogen (secondary N) is 1. The number of likely N-dealkylation sites (tertiary alicyclic amines) is 1. The maximum atomic E-state index is 12.1. The SMILES string of the molecule is O=C(CNCC1CC1)N1CCC2(CCCCC2)C1. The molecule has 1 heterocycles. The molecule has 1 spiro atoms. The van der Waals surface area contributed by atoms with Gasteiger partial charge < -0.3 is 10.2 Å². The molecule has 2 saturated carbocycles. The van der Waals surface area contributed by atoms with E-state index in [0.29, 0.717) is 17.9 Å². The lowest BCUT2D eigenvalue weighted by atomic mass is 9.73. The average molecular weight is 250 g/mol. The summed E-state index contributed by atoms with van der Waals surface area (Å²) in [7, 11) is 0. The molecule has 0 aromatic rings. The van der Waals surface area contributed by atoms with E-state index >= 15 is 0 Å². The Morgan fingerprint density at radius 3 is 2.67 bits per heavy atom. The fourth-order valence-corrected chi connectivity index (χ4v) is 3.67. The number of hydrogen-bond donors (Lipinski definition) is 1. The van der Waals surface area contributed by atoms with Crippen LogP contribution < -0.4 is 5.32 Å². The van der Waals surface area contributed by atoms with E-state index in [9.17, 15) is 4.79 Å². The molecule has 18 heavy (non-hydrogen) atoms. The second-order valence-electron chi connectivity index (χ2n) is 6.70. The first-order valence-corrected chi connectivity index (χ1v) is 7.76. The van der Waals surface area contributed by atoms with Gasteiger partial charge in [-0.15, -0.1) is 0 Å². The molecule has 3 nitrogen and oxygen atoms in total. The van der Waals surface area contributed by atoms with Crippen LogP contribution in [0.3, 0.4) is 0 Å². The highest BCUT2D eigenvalue weighted by atomic mass is 16.2. The smallest absolute Gasteiger partial charge is 0.236 e. The topological polar surface area (TPSA) is 32.3 Å². The van der Waals surface area contributed by atoms with Crippen LogP contribution in [-0.4, -0.2) is 37.0 Å². The van der Waals surface area contributed by atoms with E-state index in [-0.39, 0.29) is 0 Å². The minimum Gasteiger partial charge on any atom is -0.341 e. The van der Waals surface area contributed by atoms with Crippen molar-refractivity contribution in [2.75, 3.05) is 26.2 Å². The van der Waals surface area contributed by atoms with Crippen molar-refractivity contribution in [1.29, 1.82) is 0 Å². The zero-order valence-electron chi connectivity index (χ0n) is 11.4. The largest absolute Gasteiger partial charge is 0.341 e. The molecule has 1 aliphatic heterocycles. The van der Waals surface area contributed by atoms with Crippen molar-refractivity contribution < 1.29 is 4.79 Å². The van der Waals surface area contributed by atoms with E-state index in [2.05, 4.69) is 10.2 Å². The summed E-state index contributed by atoms with van der Waals surface area (Å²) in [6, 6.07) is 0. The summed E-state index contributed by atoms with van der Waals surface area (Å²) in [6.45, 7) is 3.65. The van der Waals surface area contributed by atoms with Gasteiger partial charge in [0.1, 0.15) is 0 Å². The predicted octanol–water partition coefficient (Wildman–Crippen LogP) is 2.17. The molecule has 3 heteroatoms. The molecule has 1 saturated heterocycles. The van der Waals surface area contributed by atoms with E-state index < -0.39 is 0 Å². The number of amides is 1. The van der Waals surface area contributed by atoms with E-state index in [4.69, 9.17) is 0 Å². The van der Waals surface area contributed by atoms with Crippen molar-refractivity contribution in [3.05, 3.63) is 0 Å². The van der Waals surface area contributed by atoms with Gasteiger partial charge in [0.2, 0.25) is 5.91 Å². The summed E-state index contributed by atoms with van der Waals surface area (Å²) in [6.07, 6.45) is 10.8. The highest BCUT2D eigenvalue weighted by Gasteiger charge is 2.40. The van der Waals surface area contributed by atoms with Crippen LogP contribution in [0.4, 0.5) is 0 Å². The summed E-state index contributed by atoms with van der Waals surface area (Å²) >= 11 is 0. The molecule has 102 valence electrons. The summed E-state index contributed by atoms with van der Waals surface area (Å²) in [5.74, 6) is 1.19. The highest BCUT2D eigenvalue weighted by Crippen LogP contribution is 2.43. The van der Waals surface area contributed by atoms with Crippen LogP contribution in [0.25, 0.3) is 0 Å². The van der Waals surface area contributed by atoms with Crippen LogP contribution in [0.2, 0.25) is 0 Å². The van der Waals surface area contributed by atoms with Crippen molar-refractivity contribution in [3.63, 3.8) is 0 Å². The van der Waals surface area contributed by atoms with Crippen LogP contribution in [0.5, 0.6) is 0 Å². The third-order valence-corrected chi connectivity index (χ3v) is 5.11. The number of carbonyl (C=O) groups is 1. The normalized spacial score (nSPS) is 26.8. The first kappa shape index (κ1) is 12.5. The minimum atomic E-state index is 0.332. The minimum absolute atomic E-state index is 0.332. The summed E-state index contributed by atoms with van der Waals surface area (Å²) in [5.41, 5.74) is 0.504. The van der Waals surface area contributed by atoms with Crippen molar-refractivity contribution in [3.8, 4) is 0 Å². The first-order chi connectivity index (χ1) is 8.77. The summed E-state index contributed by atoms with van der Waals surface area (Å²) in [5, 5.41) is 3.32. The fourth-order valence-electron chi connectivity index (χ4n) is 3.67. The highest BCUT2D eigenvalue weighted by molar-refractivity contribution is 5.78. The Morgan fingerprint density at radius 2 is 1.94 bits per heavy atom. The zero-order valence-corrected chi connectivity index (χ0v) is 11.4. The lowest BCUT2D eigenvalue weighted by Crippen LogP contribution is -2.39. The van der Waals surface area contributed by atoms with Gasteiger partial charge in [-0.1, -0.05) is 19.3 Å². The number of carbonyl (C=O) groups excluding carboxylic acids is 1. The molecule has 2 aliphatic carbocycles. The molecule has 1 N–H and O–H groups in total. The van der Waals surface area contributed by atoms with Crippen molar-refractivity contribution in [2.24, 2.45) is 11.3 Å². The van der Waals surface area contributed by atoms with Crippen molar-refractivity contribution >= 4 is 5.91 Å². The van der Waals surface area contributed by atoms with Crippen LogP contribution in [0, 0.1) is 11.3 Å². The first-order valence-electron chi connectivity index (χ1n) is 7.76. The van der Waals surface area contributed by atoms with Gasteiger partial charge in [-0.25, -0.2) is 0 Å². The fraction of sp³-hybridized carbons (Fsp3) is 0.933. The third kappa shape index (κ3) is 2.87. The van der Waals surface area contributed by atoms with Gasteiger partial charge in [-0.05, 0) is 50.0 Å². The van der Waals surface area contributed by atoms with Gasteiger partial charge in [0, 0.05) is 13.1 Å². The Morgan fingerprint density at radius 1 is 1.17 bits per heavy atom. The molecule has 3 rings (SSSR count). The van der Waals surface area contributed by atoms with Gasteiger partial charge >= 0.3 is 0 Å². The summed E-state index contributed by atoms with van der Waals surface area (Å²) in [4.78, 5) is 14.3. The lowest BCUT2D eigenvalue weighted by Gasteiger charge is -2.33. The molecule has 3 fully saturated rings. The third-order valence-electron chi connectivity index (χ3n) is 5.11. The van der Waals surface area contributed by atoms with E-state index in [1.54, 1.807) is 0 Å². The zero-order chi connectivity index (χ0) is 12.4. The van der Waals surface area contributed by atoms with Gasteiger partial charge in [0.15, 0.2) is 0 Å². The molecular formula is C15H26N2O. The maximum Gasteiger partial charge on any atom is 0.236 e. The van der Waals surface area contributed by atoms with Crippen LogP contribution in [0.1, 0.15) is 51.4 Å². The molecule has 3 aliphatic rings. The second-order valence-corrected chi connectivity index (χ2v) is 6.70. The number of nitrogens with zero attached hydrogens (tertiary/aromatic N) is 1. The molecule has 0 unspecified atom stereocenters. The van der Waals surface area contributed by atoms with Crippen molar-refractivity contribution in [2.45, 2.75) is 51.4 Å². The average Bonchev–Trinajstić information content (AvgIpc) is 3.12. The predicted molar refractivity (Wildman–Crippen MR) is 72.3 cm³/mol. The Labute approximate surface area is 110 Å².